The molecule has 0 atom stereocenters. The Morgan fingerprint density at radius 3 is 2.33 bits per heavy atom. The molecule has 0 fully saturated rings. The molecule has 0 saturated heterocycles. The third-order valence-corrected chi connectivity index (χ3v) is 3.94. The van der Waals surface area contributed by atoms with Gasteiger partial charge in [-0.25, -0.2) is 9.97 Å². The number of nitrogens with zero attached hydrogens (tertiary/aromatic N) is 2. The number of methoxy groups -OCH3 is 3. The van der Waals surface area contributed by atoms with Gasteiger partial charge in [-0.1, -0.05) is 13.3 Å². The molecule has 0 spiro atoms. The van der Waals surface area contributed by atoms with E-state index in [2.05, 4.69) is 16.9 Å². The molecule has 3 rings (SSSR count). The molecule has 24 heavy (non-hydrogen) atoms. The van der Waals surface area contributed by atoms with Gasteiger partial charge in [-0.3, -0.25) is 0 Å². The number of hydrogen-bond acceptors (Lipinski definition) is 5. The fraction of sp³-hybridized carbons (Fsp3) is 0.333. The van der Waals surface area contributed by atoms with E-state index in [1.807, 2.05) is 18.3 Å². The molecule has 6 heteroatoms. The Morgan fingerprint density at radius 2 is 1.75 bits per heavy atom. The lowest BCUT2D eigenvalue weighted by molar-refractivity contribution is 0.324. The number of aryl methyl sites for hydroxylation is 1. The third kappa shape index (κ3) is 2.75. The molecule has 2 heterocycles. The largest absolute Gasteiger partial charge is 0.493 e. The number of rotatable bonds is 6. The number of fused-ring (bicyclic) bond motifs is 1. The van der Waals surface area contributed by atoms with Crippen molar-refractivity contribution in [1.82, 2.24) is 15.0 Å². The van der Waals surface area contributed by atoms with Crippen molar-refractivity contribution in [1.29, 1.82) is 0 Å². The predicted molar refractivity (Wildman–Crippen MR) is 93.0 cm³/mol. The van der Waals surface area contributed by atoms with Crippen molar-refractivity contribution in [3.8, 4) is 28.5 Å². The summed E-state index contributed by atoms with van der Waals surface area (Å²) in [6.07, 6.45) is 5.75. The van der Waals surface area contributed by atoms with Crippen molar-refractivity contribution in [2.45, 2.75) is 19.8 Å². The summed E-state index contributed by atoms with van der Waals surface area (Å²) in [4.78, 5) is 12.4. The molecule has 3 aromatic rings. The summed E-state index contributed by atoms with van der Waals surface area (Å²) >= 11 is 0. The second kappa shape index (κ2) is 6.78. The molecular weight excluding hydrogens is 306 g/mol. The van der Waals surface area contributed by atoms with Crippen LogP contribution in [-0.2, 0) is 6.42 Å². The van der Waals surface area contributed by atoms with Gasteiger partial charge in [0, 0.05) is 11.8 Å². The van der Waals surface area contributed by atoms with Crippen LogP contribution in [0.1, 0.15) is 18.9 Å². The molecule has 0 bridgehead atoms. The summed E-state index contributed by atoms with van der Waals surface area (Å²) < 4.78 is 16.2. The lowest BCUT2D eigenvalue weighted by Crippen LogP contribution is -1.97. The van der Waals surface area contributed by atoms with Crippen LogP contribution in [0.15, 0.2) is 24.5 Å². The van der Waals surface area contributed by atoms with Crippen molar-refractivity contribution in [3.05, 3.63) is 30.1 Å². The minimum Gasteiger partial charge on any atom is -0.493 e. The first-order valence-electron chi connectivity index (χ1n) is 7.85. The summed E-state index contributed by atoms with van der Waals surface area (Å²) in [7, 11) is 4.78. The van der Waals surface area contributed by atoms with Crippen molar-refractivity contribution in [2.75, 3.05) is 21.3 Å². The van der Waals surface area contributed by atoms with Crippen LogP contribution < -0.4 is 14.2 Å². The average molecular weight is 327 g/mol. The van der Waals surface area contributed by atoms with Gasteiger partial charge < -0.3 is 19.2 Å². The number of ether oxygens (including phenoxy) is 3. The van der Waals surface area contributed by atoms with Crippen molar-refractivity contribution < 1.29 is 14.2 Å². The van der Waals surface area contributed by atoms with Gasteiger partial charge in [0.1, 0.15) is 5.52 Å². The topological polar surface area (TPSA) is 69.3 Å². The van der Waals surface area contributed by atoms with E-state index in [1.54, 1.807) is 27.5 Å². The van der Waals surface area contributed by atoms with Gasteiger partial charge in [-0.05, 0) is 24.1 Å². The molecule has 6 nitrogen and oxygen atoms in total. The van der Waals surface area contributed by atoms with E-state index >= 15 is 0 Å². The van der Waals surface area contributed by atoms with E-state index in [0.717, 1.165) is 35.3 Å². The number of benzene rings is 1. The van der Waals surface area contributed by atoms with Gasteiger partial charge in [-0.2, -0.15) is 0 Å². The Bertz CT molecular complexity index is 833. The van der Waals surface area contributed by atoms with E-state index in [-0.39, 0.29) is 0 Å². The number of H-pyrrole nitrogens is 1. The van der Waals surface area contributed by atoms with Crippen LogP contribution in [0.4, 0.5) is 0 Å². The molecule has 126 valence electrons. The van der Waals surface area contributed by atoms with Crippen LogP contribution in [0.3, 0.4) is 0 Å². The molecule has 1 N–H and O–H groups in total. The van der Waals surface area contributed by atoms with Crippen LogP contribution in [0.25, 0.3) is 22.4 Å². The minimum atomic E-state index is 0.561. The van der Waals surface area contributed by atoms with E-state index < -0.39 is 0 Å². The van der Waals surface area contributed by atoms with Crippen LogP contribution in [0.2, 0.25) is 0 Å². The standard InChI is InChI=1S/C18H21N3O3/c1-5-6-11-9-19-18-16(11)21-13(10-20-18)12-7-14(22-2)17(24-4)15(8-12)23-3/h7-10H,5-6H2,1-4H3,(H,19,20). The monoisotopic (exact) mass is 327 g/mol. The van der Waals surface area contributed by atoms with Gasteiger partial charge >= 0.3 is 0 Å². The molecule has 0 amide bonds. The molecule has 0 aliphatic carbocycles. The zero-order chi connectivity index (χ0) is 17.1. The molecule has 0 unspecified atom stereocenters. The number of aromatic amines is 1. The van der Waals surface area contributed by atoms with Crippen LogP contribution in [-0.4, -0.2) is 36.3 Å². The molecule has 1 aromatic carbocycles. The first-order chi connectivity index (χ1) is 11.7. The highest BCUT2D eigenvalue weighted by atomic mass is 16.5. The zero-order valence-electron chi connectivity index (χ0n) is 14.3. The van der Waals surface area contributed by atoms with Gasteiger partial charge in [0.05, 0.1) is 33.2 Å². The lowest BCUT2D eigenvalue weighted by Gasteiger charge is -2.13. The highest BCUT2D eigenvalue weighted by molar-refractivity contribution is 5.79. The summed E-state index contributed by atoms with van der Waals surface area (Å²) in [5, 5.41) is 0. The number of nitrogens with one attached hydrogen (secondary N) is 1. The maximum absolute atomic E-state index is 5.42. The molecule has 2 aromatic heterocycles. The van der Waals surface area contributed by atoms with Gasteiger partial charge in [-0.15, -0.1) is 0 Å². The molecule has 0 aliphatic heterocycles. The fourth-order valence-electron chi connectivity index (χ4n) is 2.77. The normalized spacial score (nSPS) is 10.8. The van der Waals surface area contributed by atoms with Crippen molar-refractivity contribution >= 4 is 11.2 Å². The Hall–Kier alpha value is -2.76. The fourth-order valence-corrected chi connectivity index (χ4v) is 2.77. The summed E-state index contributed by atoms with van der Waals surface area (Å²) in [5.41, 5.74) is 4.51. The Balaban J connectivity index is 2.14. The highest BCUT2D eigenvalue weighted by Crippen LogP contribution is 2.40. The molecule has 0 radical (unpaired) electrons. The zero-order valence-corrected chi connectivity index (χ0v) is 14.3. The second-order valence-corrected chi connectivity index (χ2v) is 5.43. The van der Waals surface area contributed by atoms with Crippen LogP contribution in [0.5, 0.6) is 17.2 Å². The van der Waals surface area contributed by atoms with Gasteiger partial charge in [0.15, 0.2) is 17.1 Å². The number of hydrogen-bond donors (Lipinski definition) is 1. The van der Waals surface area contributed by atoms with Gasteiger partial charge in [0.2, 0.25) is 5.75 Å². The summed E-state index contributed by atoms with van der Waals surface area (Å²) in [5.74, 6) is 1.75. The van der Waals surface area contributed by atoms with Crippen LogP contribution in [0, 0.1) is 0 Å². The Kier molecular flexibility index (Phi) is 4.55. The first kappa shape index (κ1) is 16.1. The smallest absolute Gasteiger partial charge is 0.203 e. The Morgan fingerprint density at radius 1 is 1.04 bits per heavy atom. The minimum absolute atomic E-state index is 0.561. The van der Waals surface area contributed by atoms with Crippen LogP contribution >= 0.6 is 0 Å². The van der Waals surface area contributed by atoms with E-state index in [4.69, 9.17) is 19.2 Å². The quantitative estimate of drug-likeness (QED) is 0.749. The van der Waals surface area contributed by atoms with Gasteiger partial charge in [0.25, 0.3) is 0 Å². The lowest BCUT2D eigenvalue weighted by atomic mass is 10.1. The maximum atomic E-state index is 5.42. The summed E-state index contributed by atoms with van der Waals surface area (Å²) in [6, 6.07) is 3.76. The third-order valence-electron chi connectivity index (χ3n) is 3.94. The van der Waals surface area contributed by atoms with Crippen molar-refractivity contribution in [3.63, 3.8) is 0 Å². The highest BCUT2D eigenvalue weighted by Gasteiger charge is 2.16. The summed E-state index contributed by atoms with van der Waals surface area (Å²) in [6.45, 7) is 2.15. The first-order valence-corrected chi connectivity index (χ1v) is 7.85. The van der Waals surface area contributed by atoms with E-state index in [0.29, 0.717) is 17.2 Å². The molecule has 0 aliphatic rings. The van der Waals surface area contributed by atoms with Crippen molar-refractivity contribution in [2.24, 2.45) is 0 Å². The van der Waals surface area contributed by atoms with E-state index in [9.17, 15) is 0 Å². The molecular formula is C18H21N3O3. The SMILES string of the molecule is CCCc1c[nH]c2ncc(-c3cc(OC)c(OC)c(OC)c3)nc12. The van der Waals surface area contributed by atoms with E-state index in [1.165, 1.54) is 5.56 Å². The predicted octanol–water partition coefficient (Wildman–Crippen LogP) is 3.60. The average Bonchev–Trinajstić information content (AvgIpc) is 3.03. The number of aromatic nitrogens is 3. The molecule has 0 saturated carbocycles. The Labute approximate surface area is 140 Å². The maximum Gasteiger partial charge on any atom is 0.203 e. The second-order valence-electron chi connectivity index (χ2n) is 5.43.